The average molecular weight is 472 g/mol. The van der Waals surface area contributed by atoms with Crippen LogP contribution in [0.3, 0.4) is 0 Å². The largest absolute Gasteiger partial charge is 0.487 e. The van der Waals surface area contributed by atoms with Gasteiger partial charge in [0.2, 0.25) is 5.89 Å². The maximum atomic E-state index is 13.2. The van der Waals surface area contributed by atoms with Gasteiger partial charge >= 0.3 is 0 Å². The van der Waals surface area contributed by atoms with Crippen molar-refractivity contribution in [3.63, 3.8) is 0 Å². The second kappa shape index (κ2) is 8.24. The van der Waals surface area contributed by atoms with Crippen molar-refractivity contribution in [2.75, 3.05) is 24.1 Å². The van der Waals surface area contributed by atoms with Crippen molar-refractivity contribution in [1.82, 2.24) is 25.1 Å². The van der Waals surface area contributed by atoms with Crippen LogP contribution < -0.4 is 21.1 Å². The van der Waals surface area contributed by atoms with Crippen molar-refractivity contribution in [1.29, 1.82) is 0 Å². The molecular formula is C25H25N7O3. The number of hydrogen-bond acceptors (Lipinski definition) is 8. The summed E-state index contributed by atoms with van der Waals surface area (Å²) < 4.78 is 13.8. The van der Waals surface area contributed by atoms with Gasteiger partial charge in [-0.15, -0.1) is 0 Å². The third-order valence-corrected chi connectivity index (χ3v) is 6.58. The highest BCUT2D eigenvalue weighted by Crippen LogP contribution is 2.44. The van der Waals surface area contributed by atoms with Crippen molar-refractivity contribution in [3.05, 3.63) is 60.4 Å². The van der Waals surface area contributed by atoms with Crippen LogP contribution >= 0.6 is 0 Å². The first-order valence-electron chi connectivity index (χ1n) is 11.5. The fraction of sp³-hybridized carbons (Fsp3) is 0.280. The summed E-state index contributed by atoms with van der Waals surface area (Å²) in [5.74, 6) is 1.14. The number of nitrogen functional groups attached to an aromatic ring is 1. The zero-order valence-corrected chi connectivity index (χ0v) is 19.2. The first-order valence-corrected chi connectivity index (χ1v) is 11.5. The van der Waals surface area contributed by atoms with Crippen molar-refractivity contribution in [3.8, 4) is 28.3 Å². The van der Waals surface area contributed by atoms with E-state index in [1.807, 2.05) is 25.4 Å². The third kappa shape index (κ3) is 4.01. The van der Waals surface area contributed by atoms with Gasteiger partial charge < -0.3 is 25.5 Å². The number of nitrogens with zero attached hydrogens (tertiary/aromatic N) is 4. The number of aromatic nitrogens is 4. The highest BCUT2D eigenvalue weighted by Gasteiger charge is 2.40. The van der Waals surface area contributed by atoms with E-state index >= 15 is 0 Å². The molecule has 0 bridgehead atoms. The summed E-state index contributed by atoms with van der Waals surface area (Å²) in [6.07, 6.45) is 9.31. The van der Waals surface area contributed by atoms with E-state index in [0.717, 1.165) is 54.8 Å². The fourth-order valence-corrected chi connectivity index (χ4v) is 4.82. The number of aryl methyl sites for hydroxylation is 1. The number of nitrogens with two attached hydrogens (primary N) is 1. The molecule has 0 saturated carbocycles. The van der Waals surface area contributed by atoms with Crippen molar-refractivity contribution < 1.29 is 13.9 Å². The van der Waals surface area contributed by atoms with Gasteiger partial charge in [0.05, 0.1) is 6.20 Å². The number of rotatable bonds is 4. The number of amides is 1. The molecule has 1 fully saturated rings. The third-order valence-electron chi connectivity index (χ3n) is 6.58. The molecule has 1 spiro atoms. The van der Waals surface area contributed by atoms with Gasteiger partial charge in [-0.2, -0.15) is 5.10 Å². The van der Waals surface area contributed by atoms with Gasteiger partial charge in [0.25, 0.3) is 5.91 Å². The van der Waals surface area contributed by atoms with E-state index in [-0.39, 0.29) is 17.2 Å². The molecular weight excluding hydrogens is 446 g/mol. The summed E-state index contributed by atoms with van der Waals surface area (Å²) >= 11 is 0. The number of ether oxygens (including phenoxy) is 1. The lowest BCUT2D eigenvalue weighted by molar-refractivity contribution is 0.0600. The molecule has 1 amide bonds. The quantitative estimate of drug-likeness (QED) is 0.414. The van der Waals surface area contributed by atoms with Gasteiger partial charge in [0.15, 0.2) is 5.69 Å². The summed E-state index contributed by atoms with van der Waals surface area (Å²) in [5, 5.41) is 10.7. The summed E-state index contributed by atoms with van der Waals surface area (Å²) in [4.78, 5) is 21.5. The molecule has 10 heteroatoms. The number of nitrogens with one attached hydrogen (secondary N) is 2. The predicted octanol–water partition coefficient (Wildman–Crippen LogP) is 3.03. The molecule has 1 saturated heterocycles. The zero-order valence-electron chi connectivity index (χ0n) is 19.2. The molecule has 5 heterocycles. The number of benzene rings is 1. The molecule has 1 aromatic carbocycles. The van der Waals surface area contributed by atoms with Crippen LogP contribution in [0.15, 0.2) is 53.5 Å². The van der Waals surface area contributed by atoms with Crippen LogP contribution in [0, 0.1) is 0 Å². The molecule has 178 valence electrons. The predicted molar refractivity (Wildman–Crippen MR) is 130 cm³/mol. The molecule has 2 aliphatic rings. The first-order chi connectivity index (χ1) is 17.0. The molecule has 6 rings (SSSR count). The average Bonchev–Trinajstić information content (AvgIpc) is 3.57. The van der Waals surface area contributed by atoms with Gasteiger partial charge in [0.1, 0.15) is 23.4 Å². The Balaban J connectivity index is 1.32. The van der Waals surface area contributed by atoms with Gasteiger partial charge in [-0.05, 0) is 50.2 Å². The Bertz CT molecular complexity index is 1420. The van der Waals surface area contributed by atoms with Crippen LogP contribution in [0.4, 0.5) is 11.5 Å². The molecule has 0 unspecified atom stereocenters. The molecule has 2 aliphatic heterocycles. The van der Waals surface area contributed by atoms with Crippen molar-refractivity contribution in [2.24, 2.45) is 7.05 Å². The second-order valence-corrected chi connectivity index (χ2v) is 9.08. The lowest BCUT2D eigenvalue weighted by Gasteiger charge is -2.33. The van der Waals surface area contributed by atoms with E-state index in [1.54, 1.807) is 29.2 Å². The highest BCUT2D eigenvalue weighted by atomic mass is 16.5. The first kappa shape index (κ1) is 21.4. The van der Waals surface area contributed by atoms with E-state index in [0.29, 0.717) is 23.0 Å². The fourth-order valence-electron chi connectivity index (χ4n) is 4.82. The van der Waals surface area contributed by atoms with Gasteiger partial charge in [-0.3, -0.25) is 9.48 Å². The maximum Gasteiger partial charge on any atom is 0.277 e. The second-order valence-electron chi connectivity index (χ2n) is 9.08. The van der Waals surface area contributed by atoms with E-state index in [4.69, 9.17) is 14.9 Å². The Morgan fingerprint density at radius 3 is 2.86 bits per heavy atom. The van der Waals surface area contributed by atoms with E-state index in [1.165, 1.54) is 6.26 Å². The van der Waals surface area contributed by atoms with Crippen LogP contribution in [-0.2, 0) is 13.5 Å². The van der Waals surface area contributed by atoms with Crippen LogP contribution in [0.5, 0.6) is 5.75 Å². The molecule has 4 aromatic rings. The number of fused-ring (bicyclic) bond motifs is 1. The Hall–Kier alpha value is -4.18. The Morgan fingerprint density at radius 2 is 2.09 bits per heavy atom. The molecule has 3 aromatic heterocycles. The summed E-state index contributed by atoms with van der Waals surface area (Å²) in [6.45, 7) is 1.87. The summed E-state index contributed by atoms with van der Waals surface area (Å²) in [5.41, 5.74) is 9.86. The van der Waals surface area contributed by atoms with E-state index < -0.39 is 0 Å². The smallest absolute Gasteiger partial charge is 0.277 e. The number of anilines is 2. The molecule has 4 N–H and O–H groups in total. The Kier molecular flexibility index (Phi) is 5.03. The summed E-state index contributed by atoms with van der Waals surface area (Å²) in [7, 11) is 1.86. The minimum atomic E-state index is -0.373. The standard InChI is InChI=1S/C25H25N7O3/c1-32-13-17(12-29-32)18-10-21-16(11-25(35-21)3-6-27-7-4-25)8-19(18)30-23(33)20-14-34-24(31-20)15-2-5-28-22(26)9-15/h2,5,8-10,12-14,27H,3-4,6-7,11H2,1H3,(H2,26,28)(H,30,33). The number of hydrogen-bond donors (Lipinski definition) is 3. The topological polar surface area (TPSA) is 133 Å². The molecule has 10 nitrogen and oxygen atoms in total. The lowest BCUT2D eigenvalue weighted by atomic mass is 9.87. The van der Waals surface area contributed by atoms with E-state index in [2.05, 4.69) is 25.7 Å². The van der Waals surface area contributed by atoms with Gasteiger partial charge in [0, 0.05) is 53.8 Å². The van der Waals surface area contributed by atoms with Gasteiger partial charge in [-0.1, -0.05) is 0 Å². The minimum absolute atomic E-state index is 0.166. The van der Waals surface area contributed by atoms with Crippen molar-refractivity contribution >= 4 is 17.4 Å². The zero-order chi connectivity index (χ0) is 24.0. The number of pyridine rings is 1. The number of piperidine rings is 1. The molecule has 0 aliphatic carbocycles. The Morgan fingerprint density at radius 1 is 1.23 bits per heavy atom. The number of carbonyl (C=O) groups is 1. The molecule has 0 atom stereocenters. The van der Waals surface area contributed by atoms with Gasteiger partial charge in [-0.25, -0.2) is 9.97 Å². The van der Waals surface area contributed by atoms with Crippen LogP contribution in [0.25, 0.3) is 22.6 Å². The monoisotopic (exact) mass is 471 g/mol. The molecule has 0 radical (unpaired) electrons. The Labute approximate surface area is 201 Å². The number of carbonyl (C=O) groups excluding carboxylic acids is 1. The highest BCUT2D eigenvalue weighted by molar-refractivity contribution is 6.05. The lowest BCUT2D eigenvalue weighted by Crippen LogP contribution is -2.45. The van der Waals surface area contributed by atoms with Crippen LogP contribution in [0.1, 0.15) is 28.9 Å². The normalized spacial score (nSPS) is 16.1. The van der Waals surface area contributed by atoms with Crippen LogP contribution in [0.2, 0.25) is 0 Å². The molecule has 35 heavy (non-hydrogen) atoms. The minimum Gasteiger partial charge on any atom is -0.487 e. The van der Waals surface area contributed by atoms with Crippen LogP contribution in [-0.4, -0.2) is 44.3 Å². The van der Waals surface area contributed by atoms with Crippen molar-refractivity contribution in [2.45, 2.75) is 24.9 Å². The summed E-state index contributed by atoms with van der Waals surface area (Å²) in [6, 6.07) is 7.39. The SMILES string of the molecule is Cn1cc(-c2cc3c(cc2NC(=O)c2coc(-c4ccnc(N)c4)n2)CC2(CCNCC2)O3)cn1. The maximum absolute atomic E-state index is 13.2. The van der Waals surface area contributed by atoms with E-state index in [9.17, 15) is 4.79 Å². The number of oxazole rings is 1.